The van der Waals surface area contributed by atoms with Crippen LogP contribution in [0, 0.1) is 0 Å². The summed E-state index contributed by atoms with van der Waals surface area (Å²) in [6.07, 6.45) is 3.78. The Morgan fingerprint density at radius 2 is 1.80 bits per heavy atom. The van der Waals surface area contributed by atoms with Crippen LogP contribution in [0.2, 0.25) is 0 Å². The Hall–Kier alpha value is -3.16. The van der Waals surface area contributed by atoms with Crippen molar-refractivity contribution >= 4 is 27.7 Å². The first-order valence-corrected chi connectivity index (χ1v) is 11.2. The molecule has 1 aromatic heterocycles. The summed E-state index contributed by atoms with van der Waals surface area (Å²) in [5, 5.41) is 1.14. The Kier molecular flexibility index (Phi) is 5.83. The standard InChI is InChI=1S/C23H22N2O4S/c26-23(25-14-12-20-9-4-5-11-22(20)25)18-24(17-21-10-6-15-29-21)30(27,28)16-13-19-7-2-1-3-8-19/h1-11,13,15-16H,12,14,17-18H2/b16-13+. The van der Waals surface area contributed by atoms with E-state index in [9.17, 15) is 13.2 Å². The first kappa shape index (κ1) is 20.1. The van der Waals surface area contributed by atoms with Gasteiger partial charge in [-0.1, -0.05) is 48.5 Å². The number of furan rings is 1. The van der Waals surface area contributed by atoms with Gasteiger partial charge in [0, 0.05) is 17.6 Å². The highest BCUT2D eigenvalue weighted by atomic mass is 32.2. The van der Waals surface area contributed by atoms with Gasteiger partial charge in [-0.2, -0.15) is 4.31 Å². The summed E-state index contributed by atoms with van der Waals surface area (Å²) in [5.41, 5.74) is 2.70. The zero-order valence-electron chi connectivity index (χ0n) is 16.3. The van der Waals surface area contributed by atoms with Gasteiger partial charge in [0.15, 0.2) is 0 Å². The molecule has 0 bridgehead atoms. The fourth-order valence-electron chi connectivity index (χ4n) is 3.46. The van der Waals surface area contributed by atoms with Crippen LogP contribution in [-0.4, -0.2) is 31.7 Å². The van der Waals surface area contributed by atoms with E-state index in [4.69, 9.17) is 4.42 Å². The van der Waals surface area contributed by atoms with E-state index >= 15 is 0 Å². The van der Waals surface area contributed by atoms with Gasteiger partial charge in [-0.3, -0.25) is 4.79 Å². The molecule has 7 heteroatoms. The van der Waals surface area contributed by atoms with E-state index in [-0.39, 0.29) is 19.0 Å². The molecule has 1 amide bonds. The molecule has 0 unspecified atom stereocenters. The molecule has 0 N–H and O–H groups in total. The molecule has 0 fully saturated rings. The zero-order valence-corrected chi connectivity index (χ0v) is 17.2. The second-order valence-electron chi connectivity index (χ2n) is 7.03. The highest BCUT2D eigenvalue weighted by molar-refractivity contribution is 7.92. The molecule has 0 radical (unpaired) electrons. The number of benzene rings is 2. The van der Waals surface area contributed by atoms with Gasteiger partial charge in [-0.05, 0) is 41.8 Å². The molecule has 3 aromatic rings. The van der Waals surface area contributed by atoms with Crippen LogP contribution in [0.1, 0.15) is 16.9 Å². The van der Waals surface area contributed by atoms with E-state index < -0.39 is 10.0 Å². The lowest BCUT2D eigenvalue weighted by molar-refractivity contribution is -0.118. The zero-order chi connectivity index (χ0) is 21.0. The molecule has 0 aliphatic carbocycles. The molecule has 1 aliphatic rings. The number of rotatable bonds is 7. The number of anilines is 1. The highest BCUT2D eigenvalue weighted by Crippen LogP contribution is 2.28. The third kappa shape index (κ3) is 4.53. The van der Waals surface area contributed by atoms with E-state index in [0.717, 1.165) is 32.9 Å². The molecule has 30 heavy (non-hydrogen) atoms. The summed E-state index contributed by atoms with van der Waals surface area (Å²) in [6, 6.07) is 20.2. The Morgan fingerprint density at radius 3 is 2.57 bits per heavy atom. The number of hydrogen-bond acceptors (Lipinski definition) is 4. The van der Waals surface area contributed by atoms with Gasteiger partial charge in [0.1, 0.15) is 5.76 Å². The van der Waals surface area contributed by atoms with Crippen LogP contribution < -0.4 is 4.90 Å². The molecule has 0 atom stereocenters. The quantitative estimate of drug-likeness (QED) is 0.582. The van der Waals surface area contributed by atoms with E-state index in [2.05, 4.69) is 0 Å². The second kappa shape index (κ2) is 8.69. The number of sulfonamides is 1. The second-order valence-corrected chi connectivity index (χ2v) is 8.85. The van der Waals surface area contributed by atoms with Crippen molar-refractivity contribution in [2.75, 3.05) is 18.0 Å². The molecular weight excluding hydrogens is 400 g/mol. The van der Waals surface area contributed by atoms with Crippen molar-refractivity contribution in [1.29, 1.82) is 0 Å². The van der Waals surface area contributed by atoms with Crippen molar-refractivity contribution in [3.63, 3.8) is 0 Å². The van der Waals surface area contributed by atoms with E-state index in [0.29, 0.717) is 12.3 Å². The number of fused-ring (bicyclic) bond motifs is 1. The lowest BCUT2D eigenvalue weighted by Gasteiger charge is -2.23. The number of carbonyl (C=O) groups is 1. The van der Waals surface area contributed by atoms with Crippen LogP contribution in [-0.2, 0) is 27.8 Å². The van der Waals surface area contributed by atoms with E-state index in [1.807, 2.05) is 54.6 Å². The number of para-hydroxylation sites is 1. The summed E-state index contributed by atoms with van der Waals surface area (Å²) < 4.78 is 32.6. The van der Waals surface area contributed by atoms with Gasteiger partial charge in [0.05, 0.1) is 19.4 Å². The summed E-state index contributed by atoms with van der Waals surface area (Å²) in [4.78, 5) is 14.7. The Bertz CT molecular complexity index is 1140. The first-order valence-electron chi connectivity index (χ1n) is 9.67. The summed E-state index contributed by atoms with van der Waals surface area (Å²) in [6.45, 7) is 0.263. The molecule has 2 heterocycles. The molecule has 0 saturated carbocycles. The predicted molar refractivity (Wildman–Crippen MR) is 116 cm³/mol. The summed E-state index contributed by atoms with van der Waals surface area (Å²) >= 11 is 0. The SMILES string of the molecule is O=C(CN(Cc1ccco1)S(=O)(=O)/C=C/c1ccccc1)N1CCc2ccccc21. The largest absolute Gasteiger partial charge is 0.468 e. The molecule has 6 nitrogen and oxygen atoms in total. The van der Waals surface area contributed by atoms with Gasteiger partial charge in [-0.25, -0.2) is 8.42 Å². The van der Waals surface area contributed by atoms with Crippen LogP contribution in [0.15, 0.2) is 82.8 Å². The summed E-state index contributed by atoms with van der Waals surface area (Å²) in [7, 11) is -3.85. The number of amides is 1. The normalized spacial score (nSPS) is 13.8. The fraction of sp³-hybridized carbons (Fsp3) is 0.174. The fourth-order valence-corrected chi connectivity index (χ4v) is 4.56. The minimum Gasteiger partial charge on any atom is -0.468 e. The van der Waals surface area contributed by atoms with E-state index in [1.165, 1.54) is 12.3 Å². The maximum absolute atomic E-state index is 13.1. The highest BCUT2D eigenvalue weighted by Gasteiger charge is 2.29. The molecule has 1 aliphatic heterocycles. The van der Waals surface area contributed by atoms with Crippen LogP contribution in [0.25, 0.3) is 6.08 Å². The van der Waals surface area contributed by atoms with Crippen molar-refractivity contribution in [2.24, 2.45) is 0 Å². The smallest absolute Gasteiger partial charge is 0.242 e. The van der Waals surface area contributed by atoms with Gasteiger partial charge in [-0.15, -0.1) is 0 Å². The third-order valence-electron chi connectivity index (χ3n) is 5.00. The van der Waals surface area contributed by atoms with Crippen LogP contribution in [0.4, 0.5) is 5.69 Å². The molecule has 4 rings (SSSR count). The predicted octanol–water partition coefficient (Wildman–Crippen LogP) is 3.67. The molecule has 2 aromatic carbocycles. The maximum Gasteiger partial charge on any atom is 0.242 e. The van der Waals surface area contributed by atoms with Crippen molar-refractivity contribution in [2.45, 2.75) is 13.0 Å². The lowest BCUT2D eigenvalue weighted by atomic mass is 10.2. The first-order chi connectivity index (χ1) is 14.5. The lowest BCUT2D eigenvalue weighted by Crippen LogP contribution is -2.41. The monoisotopic (exact) mass is 422 g/mol. The van der Waals surface area contributed by atoms with Crippen LogP contribution >= 0.6 is 0 Å². The average molecular weight is 423 g/mol. The van der Waals surface area contributed by atoms with Gasteiger partial charge < -0.3 is 9.32 Å². The Balaban J connectivity index is 1.57. The molecular formula is C23H22N2O4S. The van der Waals surface area contributed by atoms with Gasteiger partial charge in [0.25, 0.3) is 0 Å². The van der Waals surface area contributed by atoms with Crippen LogP contribution in [0.3, 0.4) is 0 Å². The Labute approximate surface area is 176 Å². The van der Waals surface area contributed by atoms with Crippen molar-refractivity contribution in [3.8, 4) is 0 Å². The molecule has 0 spiro atoms. The van der Waals surface area contributed by atoms with Crippen molar-refractivity contribution < 1.29 is 17.6 Å². The van der Waals surface area contributed by atoms with Crippen molar-refractivity contribution in [3.05, 3.63) is 95.3 Å². The number of hydrogen-bond donors (Lipinski definition) is 0. The van der Waals surface area contributed by atoms with Gasteiger partial charge >= 0.3 is 0 Å². The Morgan fingerprint density at radius 1 is 1.03 bits per heavy atom. The average Bonchev–Trinajstić information content (AvgIpc) is 3.42. The number of nitrogens with zero attached hydrogens (tertiary/aromatic N) is 2. The maximum atomic E-state index is 13.1. The van der Waals surface area contributed by atoms with Crippen molar-refractivity contribution in [1.82, 2.24) is 4.31 Å². The topological polar surface area (TPSA) is 70.8 Å². The van der Waals surface area contributed by atoms with Crippen LogP contribution in [0.5, 0.6) is 0 Å². The van der Waals surface area contributed by atoms with E-state index in [1.54, 1.807) is 17.0 Å². The summed E-state index contributed by atoms with van der Waals surface area (Å²) in [5.74, 6) is 0.213. The third-order valence-corrected chi connectivity index (χ3v) is 6.46. The molecule has 154 valence electrons. The minimum absolute atomic E-state index is 0.0182. The minimum atomic E-state index is -3.85. The molecule has 0 saturated heterocycles. The van der Waals surface area contributed by atoms with Gasteiger partial charge in [0.2, 0.25) is 15.9 Å². The number of carbonyl (C=O) groups excluding carboxylic acids is 1.